The molecule has 7 nitrogen and oxygen atoms in total. The normalized spacial score (nSPS) is 11.2. The lowest BCUT2D eigenvalue weighted by Gasteiger charge is -2.06. The van der Waals surface area contributed by atoms with Crippen LogP contribution in [0.25, 0.3) is 0 Å². The van der Waals surface area contributed by atoms with Crippen molar-refractivity contribution in [3.8, 4) is 0 Å². The summed E-state index contributed by atoms with van der Waals surface area (Å²) in [7, 11) is -3.74. The van der Waals surface area contributed by atoms with Gasteiger partial charge in [0.1, 0.15) is 0 Å². The van der Waals surface area contributed by atoms with Crippen molar-refractivity contribution in [1.82, 2.24) is 15.1 Å². The summed E-state index contributed by atoms with van der Waals surface area (Å²) in [6.45, 7) is 0.992. The molecule has 0 fully saturated rings. The average Bonchev–Trinajstić information content (AvgIpc) is 2.91. The number of carbonyl (C=O) groups excluding carboxylic acids is 1. The molecule has 0 radical (unpaired) electrons. The van der Waals surface area contributed by atoms with Gasteiger partial charge in [-0.3, -0.25) is 9.48 Å². The number of amides is 1. The van der Waals surface area contributed by atoms with Gasteiger partial charge in [-0.15, -0.1) is 0 Å². The van der Waals surface area contributed by atoms with Crippen LogP contribution in [0.4, 0.5) is 0 Å². The molecular formula is C12H14N4O3S. The van der Waals surface area contributed by atoms with Crippen molar-refractivity contribution in [1.29, 1.82) is 0 Å². The van der Waals surface area contributed by atoms with Gasteiger partial charge in [-0.2, -0.15) is 5.10 Å². The zero-order valence-electron chi connectivity index (χ0n) is 10.6. The standard InChI is InChI=1S/C12H14N4O3S/c13-20(18,19)11-4-2-10(3-5-11)12(17)14-7-9-16-8-1-6-15-16/h1-6,8H,7,9H2,(H,14,17)(H2,13,18,19). The molecule has 3 N–H and O–H groups in total. The first-order chi connectivity index (χ1) is 9.47. The quantitative estimate of drug-likeness (QED) is 0.806. The number of carbonyl (C=O) groups is 1. The highest BCUT2D eigenvalue weighted by Gasteiger charge is 2.09. The molecule has 0 saturated heterocycles. The predicted molar refractivity (Wildman–Crippen MR) is 72.4 cm³/mol. The number of rotatable bonds is 5. The Kier molecular flexibility index (Phi) is 4.16. The summed E-state index contributed by atoms with van der Waals surface area (Å²) in [5.41, 5.74) is 0.373. The monoisotopic (exact) mass is 294 g/mol. The van der Waals surface area contributed by atoms with Crippen LogP contribution in [0.5, 0.6) is 0 Å². The molecule has 0 aliphatic carbocycles. The highest BCUT2D eigenvalue weighted by Crippen LogP contribution is 2.08. The minimum absolute atomic E-state index is 0.0226. The van der Waals surface area contributed by atoms with Crippen molar-refractivity contribution in [2.24, 2.45) is 5.14 Å². The molecule has 0 aliphatic heterocycles. The summed E-state index contributed by atoms with van der Waals surface area (Å²) in [6, 6.07) is 7.25. The zero-order valence-corrected chi connectivity index (χ0v) is 11.4. The second kappa shape index (κ2) is 5.85. The van der Waals surface area contributed by atoms with E-state index in [1.54, 1.807) is 23.1 Å². The van der Waals surface area contributed by atoms with Gasteiger partial charge >= 0.3 is 0 Å². The number of hydrogen-bond donors (Lipinski definition) is 2. The van der Waals surface area contributed by atoms with Crippen LogP contribution in [0.2, 0.25) is 0 Å². The first-order valence-corrected chi connectivity index (χ1v) is 7.40. The van der Waals surface area contributed by atoms with E-state index in [0.717, 1.165) is 0 Å². The van der Waals surface area contributed by atoms with Gasteiger partial charge in [0.15, 0.2) is 0 Å². The summed E-state index contributed by atoms with van der Waals surface area (Å²) in [4.78, 5) is 11.8. The van der Waals surface area contributed by atoms with Crippen molar-refractivity contribution in [3.05, 3.63) is 48.3 Å². The molecule has 1 aromatic heterocycles. The molecule has 0 unspecified atom stereocenters. The third-order valence-corrected chi connectivity index (χ3v) is 3.56. The van der Waals surface area contributed by atoms with E-state index < -0.39 is 10.0 Å². The van der Waals surface area contributed by atoms with E-state index in [1.165, 1.54) is 24.3 Å². The van der Waals surface area contributed by atoms with E-state index in [-0.39, 0.29) is 10.8 Å². The zero-order chi connectivity index (χ0) is 14.6. The van der Waals surface area contributed by atoms with Crippen molar-refractivity contribution in [3.63, 3.8) is 0 Å². The molecule has 1 heterocycles. The second-order valence-electron chi connectivity index (χ2n) is 4.09. The van der Waals surface area contributed by atoms with Gasteiger partial charge in [-0.05, 0) is 30.3 Å². The average molecular weight is 294 g/mol. The maximum Gasteiger partial charge on any atom is 0.251 e. The van der Waals surface area contributed by atoms with E-state index in [2.05, 4.69) is 10.4 Å². The third-order valence-electron chi connectivity index (χ3n) is 2.63. The fraction of sp³-hybridized carbons (Fsp3) is 0.167. The van der Waals surface area contributed by atoms with Crippen LogP contribution in [0.3, 0.4) is 0 Å². The highest BCUT2D eigenvalue weighted by molar-refractivity contribution is 7.89. The summed E-state index contributed by atoms with van der Waals surface area (Å²) < 4.78 is 23.9. The molecule has 106 valence electrons. The molecule has 2 rings (SSSR count). The molecule has 8 heteroatoms. The Labute approximate surface area is 116 Å². The van der Waals surface area contributed by atoms with Crippen LogP contribution in [0.15, 0.2) is 47.6 Å². The van der Waals surface area contributed by atoms with E-state index >= 15 is 0 Å². The Hall–Kier alpha value is -2.19. The Morgan fingerprint density at radius 1 is 1.30 bits per heavy atom. The minimum atomic E-state index is -3.74. The SMILES string of the molecule is NS(=O)(=O)c1ccc(C(=O)NCCn2cccn2)cc1. The van der Waals surface area contributed by atoms with Gasteiger partial charge in [0.25, 0.3) is 5.91 Å². The Morgan fingerprint density at radius 3 is 2.55 bits per heavy atom. The molecule has 0 saturated carbocycles. The van der Waals surface area contributed by atoms with Gasteiger partial charge in [-0.25, -0.2) is 13.6 Å². The molecule has 20 heavy (non-hydrogen) atoms. The van der Waals surface area contributed by atoms with E-state index in [9.17, 15) is 13.2 Å². The number of sulfonamides is 1. The number of nitrogens with one attached hydrogen (secondary N) is 1. The summed E-state index contributed by atoms with van der Waals surface area (Å²) in [5, 5.41) is 11.7. The number of aromatic nitrogens is 2. The van der Waals surface area contributed by atoms with Gasteiger partial charge in [0.2, 0.25) is 10.0 Å². The van der Waals surface area contributed by atoms with Crippen LogP contribution in [0.1, 0.15) is 10.4 Å². The molecular weight excluding hydrogens is 280 g/mol. The number of primary sulfonamides is 1. The number of hydrogen-bond acceptors (Lipinski definition) is 4. The minimum Gasteiger partial charge on any atom is -0.350 e. The number of nitrogens with two attached hydrogens (primary N) is 1. The molecule has 0 atom stereocenters. The molecule has 0 spiro atoms. The predicted octanol–water partition coefficient (Wildman–Crippen LogP) is -0.0395. The first kappa shape index (κ1) is 14.2. The summed E-state index contributed by atoms with van der Waals surface area (Å²) >= 11 is 0. The lowest BCUT2D eigenvalue weighted by atomic mass is 10.2. The van der Waals surface area contributed by atoms with Gasteiger partial charge in [0.05, 0.1) is 11.4 Å². The van der Waals surface area contributed by atoms with Crippen LogP contribution in [-0.4, -0.2) is 30.7 Å². The van der Waals surface area contributed by atoms with Gasteiger partial charge in [0, 0.05) is 24.5 Å². The van der Waals surface area contributed by atoms with Crippen LogP contribution >= 0.6 is 0 Å². The summed E-state index contributed by atoms with van der Waals surface area (Å²) in [6.07, 6.45) is 3.46. The Bertz CT molecular complexity index is 678. The fourth-order valence-corrected chi connectivity index (χ4v) is 2.13. The molecule has 0 bridgehead atoms. The van der Waals surface area contributed by atoms with E-state index in [4.69, 9.17) is 5.14 Å². The van der Waals surface area contributed by atoms with E-state index in [1.807, 2.05) is 0 Å². The van der Waals surface area contributed by atoms with Crippen LogP contribution in [-0.2, 0) is 16.6 Å². The second-order valence-corrected chi connectivity index (χ2v) is 5.66. The third kappa shape index (κ3) is 3.65. The Morgan fingerprint density at radius 2 is 2.00 bits per heavy atom. The maximum atomic E-state index is 11.8. The van der Waals surface area contributed by atoms with Crippen LogP contribution < -0.4 is 10.5 Å². The topological polar surface area (TPSA) is 107 Å². The molecule has 0 aliphatic rings. The van der Waals surface area contributed by atoms with Crippen molar-refractivity contribution < 1.29 is 13.2 Å². The lowest BCUT2D eigenvalue weighted by Crippen LogP contribution is -2.27. The van der Waals surface area contributed by atoms with Crippen molar-refractivity contribution in [2.45, 2.75) is 11.4 Å². The highest BCUT2D eigenvalue weighted by atomic mass is 32.2. The maximum absolute atomic E-state index is 11.8. The van der Waals surface area contributed by atoms with E-state index in [0.29, 0.717) is 18.7 Å². The smallest absolute Gasteiger partial charge is 0.251 e. The van der Waals surface area contributed by atoms with Crippen molar-refractivity contribution >= 4 is 15.9 Å². The fourth-order valence-electron chi connectivity index (χ4n) is 1.61. The molecule has 1 aromatic carbocycles. The Balaban J connectivity index is 1.92. The molecule has 1 amide bonds. The first-order valence-electron chi connectivity index (χ1n) is 5.85. The van der Waals surface area contributed by atoms with Crippen molar-refractivity contribution in [2.75, 3.05) is 6.54 Å². The number of nitrogens with zero attached hydrogens (tertiary/aromatic N) is 2. The van der Waals surface area contributed by atoms with Gasteiger partial charge in [-0.1, -0.05) is 0 Å². The number of benzene rings is 1. The van der Waals surface area contributed by atoms with Crippen LogP contribution in [0, 0.1) is 0 Å². The molecule has 2 aromatic rings. The largest absolute Gasteiger partial charge is 0.350 e. The lowest BCUT2D eigenvalue weighted by molar-refractivity contribution is 0.0952. The van der Waals surface area contributed by atoms with Gasteiger partial charge < -0.3 is 5.32 Å². The summed E-state index contributed by atoms with van der Waals surface area (Å²) in [5.74, 6) is -0.280.